The molecule has 2 rings (SSSR count). The van der Waals surface area contributed by atoms with E-state index >= 15 is 0 Å². The molecule has 2 unspecified atom stereocenters. The summed E-state index contributed by atoms with van der Waals surface area (Å²) in [5.41, 5.74) is 6.20. The Balaban J connectivity index is 2.03. The zero-order valence-electron chi connectivity index (χ0n) is 18.3. The van der Waals surface area contributed by atoms with E-state index in [1.54, 1.807) is 6.07 Å². The second-order valence-corrected chi connectivity index (χ2v) is 8.61. The zero-order valence-corrected chi connectivity index (χ0v) is 18.3. The lowest BCUT2D eigenvalue weighted by Gasteiger charge is -2.32. The van der Waals surface area contributed by atoms with Gasteiger partial charge in [0.05, 0.1) is 5.41 Å². The first-order valence-corrected chi connectivity index (χ1v) is 10.7. The standard InChI is InChI=1S/C23H36N2O4/c1-5-20(17(2)15-25(3)4)18-10-9-11-19(14-18)28-22(27)29-21(26)23(16-24)12-7-6-8-13-23/h9-11,14,17,20H,5-8,12-13,15-16,24H2,1-4H3. The molecule has 1 aliphatic rings. The van der Waals surface area contributed by atoms with E-state index in [9.17, 15) is 9.59 Å². The van der Waals surface area contributed by atoms with Gasteiger partial charge in [-0.15, -0.1) is 0 Å². The lowest BCUT2D eigenvalue weighted by molar-refractivity contribution is -0.152. The fraction of sp³-hybridized carbons (Fsp3) is 0.652. The number of carbonyl (C=O) groups excluding carboxylic acids is 2. The number of hydrogen-bond acceptors (Lipinski definition) is 6. The third-order valence-corrected chi connectivity index (χ3v) is 6.08. The Morgan fingerprint density at radius 2 is 1.90 bits per heavy atom. The van der Waals surface area contributed by atoms with Gasteiger partial charge < -0.3 is 20.1 Å². The van der Waals surface area contributed by atoms with Gasteiger partial charge >= 0.3 is 12.1 Å². The van der Waals surface area contributed by atoms with E-state index < -0.39 is 17.5 Å². The van der Waals surface area contributed by atoms with Crippen LogP contribution in [0, 0.1) is 11.3 Å². The molecule has 1 aliphatic carbocycles. The van der Waals surface area contributed by atoms with Gasteiger partial charge in [-0.25, -0.2) is 4.79 Å². The van der Waals surface area contributed by atoms with E-state index in [2.05, 4.69) is 38.9 Å². The predicted molar refractivity (Wildman–Crippen MR) is 114 cm³/mol. The molecule has 1 fully saturated rings. The largest absolute Gasteiger partial charge is 0.521 e. The van der Waals surface area contributed by atoms with Crippen LogP contribution in [-0.2, 0) is 9.53 Å². The van der Waals surface area contributed by atoms with E-state index in [4.69, 9.17) is 15.2 Å². The first-order valence-electron chi connectivity index (χ1n) is 10.7. The van der Waals surface area contributed by atoms with Gasteiger partial charge in [0.1, 0.15) is 5.75 Å². The van der Waals surface area contributed by atoms with E-state index in [1.807, 2.05) is 12.1 Å². The van der Waals surface area contributed by atoms with Gasteiger partial charge in [-0.05, 0) is 62.9 Å². The summed E-state index contributed by atoms with van der Waals surface area (Å²) in [6, 6.07) is 7.49. The van der Waals surface area contributed by atoms with Crippen molar-refractivity contribution in [3.05, 3.63) is 29.8 Å². The van der Waals surface area contributed by atoms with Crippen LogP contribution >= 0.6 is 0 Å². The van der Waals surface area contributed by atoms with Gasteiger partial charge in [0.25, 0.3) is 0 Å². The van der Waals surface area contributed by atoms with Crippen molar-refractivity contribution in [1.29, 1.82) is 0 Å². The molecule has 0 heterocycles. The van der Waals surface area contributed by atoms with Gasteiger partial charge in [0.15, 0.2) is 0 Å². The summed E-state index contributed by atoms with van der Waals surface area (Å²) in [5, 5.41) is 0. The Kier molecular flexibility index (Phi) is 8.65. The minimum atomic E-state index is -0.986. The molecule has 1 aromatic carbocycles. The Bertz CT molecular complexity index is 683. The quantitative estimate of drug-likeness (QED) is 0.394. The molecule has 0 aliphatic heterocycles. The van der Waals surface area contributed by atoms with Crippen LogP contribution in [0.4, 0.5) is 4.79 Å². The lowest BCUT2D eigenvalue weighted by atomic mass is 9.74. The number of benzene rings is 1. The Hall–Kier alpha value is -1.92. The van der Waals surface area contributed by atoms with Crippen LogP contribution in [0.3, 0.4) is 0 Å². The van der Waals surface area contributed by atoms with Crippen molar-refractivity contribution in [3.63, 3.8) is 0 Å². The highest BCUT2D eigenvalue weighted by Gasteiger charge is 2.41. The fourth-order valence-electron chi connectivity index (χ4n) is 4.50. The van der Waals surface area contributed by atoms with E-state index in [0.29, 0.717) is 30.4 Å². The molecule has 2 atom stereocenters. The van der Waals surface area contributed by atoms with E-state index in [1.165, 1.54) is 0 Å². The highest BCUT2D eigenvalue weighted by molar-refractivity contribution is 5.87. The van der Waals surface area contributed by atoms with Crippen molar-refractivity contribution in [2.24, 2.45) is 17.1 Å². The third-order valence-electron chi connectivity index (χ3n) is 6.08. The second kappa shape index (κ2) is 10.7. The third kappa shape index (κ3) is 6.28. The number of nitrogens with zero attached hydrogens (tertiary/aromatic N) is 1. The monoisotopic (exact) mass is 404 g/mol. The van der Waals surface area contributed by atoms with Crippen molar-refractivity contribution < 1.29 is 19.1 Å². The summed E-state index contributed by atoms with van der Waals surface area (Å²) < 4.78 is 10.4. The molecule has 0 radical (unpaired) electrons. The van der Waals surface area contributed by atoms with Gasteiger partial charge in [-0.3, -0.25) is 4.79 Å². The minimum absolute atomic E-state index is 0.191. The first kappa shape index (κ1) is 23.4. The summed E-state index contributed by atoms with van der Waals surface area (Å²) in [7, 11) is 4.13. The lowest BCUT2D eigenvalue weighted by Crippen LogP contribution is -2.42. The molecule has 0 saturated heterocycles. The maximum atomic E-state index is 12.6. The van der Waals surface area contributed by atoms with Crippen LogP contribution in [0.2, 0.25) is 0 Å². The highest BCUT2D eigenvalue weighted by Crippen LogP contribution is 2.37. The molecule has 0 bridgehead atoms. The molecule has 6 heteroatoms. The number of esters is 1. The summed E-state index contributed by atoms with van der Waals surface area (Å²) in [4.78, 5) is 27.0. The number of carbonyl (C=O) groups is 2. The normalized spacial score (nSPS) is 18.1. The number of hydrogen-bond donors (Lipinski definition) is 1. The molecule has 1 aromatic rings. The van der Waals surface area contributed by atoms with Crippen molar-refractivity contribution in [1.82, 2.24) is 4.90 Å². The van der Waals surface area contributed by atoms with Crippen molar-refractivity contribution in [3.8, 4) is 5.75 Å². The smallest absolute Gasteiger partial charge is 0.395 e. The summed E-state index contributed by atoms with van der Waals surface area (Å²) >= 11 is 0. The van der Waals surface area contributed by atoms with Crippen LogP contribution in [0.1, 0.15) is 63.9 Å². The molecule has 6 nitrogen and oxygen atoms in total. The van der Waals surface area contributed by atoms with Crippen molar-refractivity contribution in [2.75, 3.05) is 27.2 Å². The molecule has 0 spiro atoms. The molecule has 29 heavy (non-hydrogen) atoms. The average Bonchev–Trinajstić information content (AvgIpc) is 2.68. The maximum Gasteiger partial charge on any atom is 0.521 e. The van der Waals surface area contributed by atoms with Crippen LogP contribution in [0.25, 0.3) is 0 Å². The summed E-state index contributed by atoms with van der Waals surface area (Å²) in [6.45, 7) is 5.55. The predicted octanol–water partition coefficient (Wildman–Crippen LogP) is 4.33. The molecule has 162 valence electrons. The number of ether oxygens (including phenoxy) is 2. The first-order chi connectivity index (χ1) is 13.8. The molecular weight excluding hydrogens is 368 g/mol. The highest BCUT2D eigenvalue weighted by atomic mass is 16.7. The fourth-order valence-corrected chi connectivity index (χ4v) is 4.50. The van der Waals surface area contributed by atoms with E-state index in [-0.39, 0.29) is 6.54 Å². The van der Waals surface area contributed by atoms with Gasteiger partial charge in [0, 0.05) is 13.1 Å². The second-order valence-electron chi connectivity index (χ2n) is 8.61. The average molecular weight is 405 g/mol. The Morgan fingerprint density at radius 1 is 1.21 bits per heavy atom. The molecule has 0 aromatic heterocycles. The Labute approximate surface area is 174 Å². The van der Waals surface area contributed by atoms with Crippen molar-refractivity contribution in [2.45, 2.75) is 58.3 Å². The van der Waals surface area contributed by atoms with E-state index in [0.717, 1.165) is 37.8 Å². The zero-order chi connectivity index (χ0) is 21.4. The van der Waals surface area contributed by atoms with Gasteiger partial charge in [-0.2, -0.15) is 0 Å². The van der Waals surface area contributed by atoms with Gasteiger partial charge in [-0.1, -0.05) is 45.2 Å². The SMILES string of the molecule is CCC(c1cccc(OC(=O)OC(=O)C2(CN)CCCCC2)c1)C(C)CN(C)C. The van der Waals surface area contributed by atoms with Crippen LogP contribution in [0.5, 0.6) is 5.75 Å². The topological polar surface area (TPSA) is 81.9 Å². The summed E-state index contributed by atoms with van der Waals surface area (Å²) in [5.74, 6) is 0.629. The number of rotatable bonds is 8. The summed E-state index contributed by atoms with van der Waals surface area (Å²) in [6.07, 6.45) is 4.25. The van der Waals surface area contributed by atoms with Crippen LogP contribution < -0.4 is 10.5 Å². The number of nitrogens with two attached hydrogens (primary N) is 1. The Morgan fingerprint density at radius 3 is 2.48 bits per heavy atom. The van der Waals surface area contributed by atoms with Crippen LogP contribution in [-0.4, -0.2) is 44.2 Å². The minimum Gasteiger partial charge on any atom is -0.395 e. The maximum absolute atomic E-state index is 12.6. The molecular formula is C23H36N2O4. The van der Waals surface area contributed by atoms with Gasteiger partial charge in [0.2, 0.25) is 0 Å². The molecule has 0 amide bonds. The van der Waals surface area contributed by atoms with Crippen molar-refractivity contribution >= 4 is 12.1 Å². The van der Waals surface area contributed by atoms with Crippen LogP contribution in [0.15, 0.2) is 24.3 Å². The molecule has 1 saturated carbocycles. The molecule has 2 N–H and O–H groups in total.